The van der Waals surface area contributed by atoms with Crippen molar-refractivity contribution in [1.82, 2.24) is 0 Å². The molecule has 0 amide bonds. The standard InChI is InChI=1S/C14H30N.HI/c1-3-5-6-7-8-9-12-15(4-2)13-10-11-14-15;/h3-14H2,1-2H3;1H/q+1;/p-1. The second-order valence-corrected chi connectivity index (χ2v) is 5.30. The van der Waals surface area contributed by atoms with Gasteiger partial charge in [0, 0.05) is 12.8 Å². The Labute approximate surface area is 120 Å². The summed E-state index contributed by atoms with van der Waals surface area (Å²) in [7, 11) is 0. The number of likely N-dealkylation sites (tertiary alicyclic amines) is 1. The zero-order valence-corrected chi connectivity index (χ0v) is 13.5. The number of hydrogen-bond donors (Lipinski definition) is 0. The monoisotopic (exact) mass is 339 g/mol. The molecule has 1 rings (SSSR count). The van der Waals surface area contributed by atoms with Crippen LogP contribution in [-0.2, 0) is 0 Å². The van der Waals surface area contributed by atoms with Gasteiger partial charge < -0.3 is 28.5 Å². The van der Waals surface area contributed by atoms with Crippen LogP contribution in [0.3, 0.4) is 0 Å². The number of hydrogen-bond acceptors (Lipinski definition) is 0. The van der Waals surface area contributed by atoms with Gasteiger partial charge in [-0.1, -0.05) is 32.6 Å². The molecule has 0 bridgehead atoms. The van der Waals surface area contributed by atoms with E-state index in [0.29, 0.717) is 0 Å². The summed E-state index contributed by atoms with van der Waals surface area (Å²) >= 11 is 0. The van der Waals surface area contributed by atoms with Crippen molar-refractivity contribution in [1.29, 1.82) is 0 Å². The molecule has 1 fully saturated rings. The van der Waals surface area contributed by atoms with Crippen molar-refractivity contribution in [2.75, 3.05) is 26.2 Å². The normalized spacial score (nSPS) is 18.4. The van der Waals surface area contributed by atoms with Gasteiger partial charge in [-0.05, 0) is 19.8 Å². The van der Waals surface area contributed by atoms with Gasteiger partial charge in [0.05, 0.1) is 26.2 Å². The van der Waals surface area contributed by atoms with Gasteiger partial charge in [0.2, 0.25) is 0 Å². The molecule has 0 aromatic rings. The van der Waals surface area contributed by atoms with Crippen LogP contribution < -0.4 is 24.0 Å². The van der Waals surface area contributed by atoms with E-state index in [9.17, 15) is 0 Å². The Morgan fingerprint density at radius 2 is 1.38 bits per heavy atom. The summed E-state index contributed by atoms with van der Waals surface area (Å²) in [5, 5.41) is 0. The van der Waals surface area contributed by atoms with E-state index in [0.717, 1.165) is 0 Å². The second kappa shape index (κ2) is 9.69. The van der Waals surface area contributed by atoms with Crippen molar-refractivity contribution in [3.05, 3.63) is 0 Å². The fraction of sp³-hybridized carbons (Fsp3) is 1.00. The van der Waals surface area contributed by atoms with Crippen molar-refractivity contribution in [2.24, 2.45) is 0 Å². The number of halogens is 1. The van der Waals surface area contributed by atoms with Crippen LogP contribution in [0.15, 0.2) is 0 Å². The highest BCUT2D eigenvalue weighted by Crippen LogP contribution is 2.20. The summed E-state index contributed by atoms with van der Waals surface area (Å²) < 4.78 is 1.44. The van der Waals surface area contributed by atoms with Crippen molar-refractivity contribution in [3.63, 3.8) is 0 Å². The van der Waals surface area contributed by atoms with Gasteiger partial charge in [-0.3, -0.25) is 0 Å². The van der Waals surface area contributed by atoms with Crippen molar-refractivity contribution in [2.45, 2.75) is 65.2 Å². The lowest BCUT2D eigenvalue weighted by atomic mass is 10.1. The van der Waals surface area contributed by atoms with Crippen LogP contribution in [0.1, 0.15) is 65.2 Å². The molecule has 1 saturated heterocycles. The SMILES string of the molecule is CCCCCCCC[N+]1(CC)CCCC1.[I-]. The van der Waals surface area contributed by atoms with Crippen molar-refractivity contribution in [3.8, 4) is 0 Å². The molecule has 0 N–H and O–H groups in total. The van der Waals surface area contributed by atoms with Crippen LogP contribution in [0.5, 0.6) is 0 Å². The molecule has 98 valence electrons. The summed E-state index contributed by atoms with van der Waals surface area (Å²) in [4.78, 5) is 0. The summed E-state index contributed by atoms with van der Waals surface area (Å²) in [5.41, 5.74) is 0. The number of quaternary nitrogens is 1. The third kappa shape index (κ3) is 5.85. The van der Waals surface area contributed by atoms with E-state index < -0.39 is 0 Å². The van der Waals surface area contributed by atoms with Crippen LogP contribution >= 0.6 is 0 Å². The molecular formula is C14H30IN. The predicted molar refractivity (Wildman–Crippen MR) is 68.0 cm³/mol. The molecule has 0 saturated carbocycles. The Morgan fingerprint density at radius 1 is 0.812 bits per heavy atom. The lowest BCUT2D eigenvalue weighted by molar-refractivity contribution is -0.915. The number of nitrogens with zero attached hydrogens (tertiary/aromatic N) is 1. The molecule has 1 heterocycles. The zero-order valence-electron chi connectivity index (χ0n) is 11.3. The Kier molecular flexibility index (Phi) is 10.1. The maximum atomic E-state index is 2.38. The van der Waals surface area contributed by atoms with Crippen molar-refractivity contribution >= 4 is 0 Å². The van der Waals surface area contributed by atoms with Crippen LogP contribution in [0.4, 0.5) is 0 Å². The molecule has 0 radical (unpaired) electrons. The minimum Gasteiger partial charge on any atom is -1.00 e. The fourth-order valence-electron chi connectivity index (χ4n) is 2.93. The first kappa shape index (κ1) is 16.7. The molecule has 0 aromatic heterocycles. The maximum Gasteiger partial charge on any atom is 0.0788 e. The quantitative estimate of drug-likeness (QED) is 0.351. The van der Waals surface area contributed by atoms with E-state index in [1.807, 2.05) is 0 Å². The van der Waals surface area contributed by atoms with Crippen LogP contribution in [0, 0.1) is 0 Å². The lowest BCUT2D eigenvalue weighted by Gasteiger charge is -2.33. The molecule has 2 heteroatoms. The van der Waals surface area contributed by atoms with Gasteiger partial charge in [0.25, 0.3) is 0 Å². The van der Waals surface area contributed by atoms with Crippen molar-refractivity contribution < 1.29 is 28.5 Å². The van der Waals surface area contributed by atoms with Crippen LogP contribution in [0.2, 0.25) is 0 Å². The molecule has 0 aliphatic carbocycles. The number of unbranched alkanes of at least 4 members (excludes halogenated alkanes) is 5. The predicted octanol–water partition coefficient (Wildman–Crippen LogP) is 0.981. The molecule has 1 aliphatic rings. The Hall–Kier alpha value is 0.690. The molecule has 1 nitrogen and oxygen atoms in total. The maximum absolute atomic E-state index is 2.38. The second-order valence-electron chi connectivity index (χ2n) is 5.30. The molecule has 0 aromatic carbocycles. The van der Waals surface area contributed by atoms with Gasteiger partial charge in [-0.25, -0.2) is 0 Å². The third-order valence-corrected chi connectivity index (χ3v) is 4.17. The first-order valence-corrected chi connectivity index (χ1v) is 7.18. The van der Waals surface area contributed by atoms with E-state index in [1.165, 1.54) is 82.0 Å². The summed E-state index contributed by atoms with van der Waals surface area (Å²) in [5.74, 6) is 0. The van der Waals surface area contributed by atoms with Gasteiger partial charge in [0.15, 0.2) is 0 Å². The molecule has 0 unspecified atom stereocenters. The first-order chi connectivity index (χ1) is 7.33. The highest BCUT2D eigenvalue weighted by Gasteiger charge is 2.28. The largest absolute Gasteiger partial charge is 1.00 e. The van der Waals surface area contributed by atoms with E-state index in [-0.39, 0.29) is 24.0 Å². The molecule has 0 spiro atoms. The summed E-state index contributed by atoms with van der Waals surface area (Å²) in [6.45, 7) is 10.4. The molecular weight excluding hydrogens is 309 g/mol. The third-order valence-electron chi connectivity index (χ3n) is 4.17. The first-order valence-electron chi connectivity index (χ1n) is 7.18. The van der Waals surface area contributed by atoms with Gasteiger partial charge >= 0.3 is 0 Å². The van der Waals surface area contributed by atoms with Crippen LogP contribution in [-0.4, -0.2) is 30.7 Å². The zero-order chi connectivity index (χ0) is 11.0. The minimum atomic E-state index is 0. The Balaban J connectivity index is 0.00000225. The minimum absolute atomic E-state index is 0. The van der Waals surface area contributed by atoms with E-state index in [1.54, 1.807) is 0 Å². The topological polar surface area (TPSA) is 0 Å². The summed E-state index contributed by atoms with van der Waals surface area (Å²) in [6, 6.07) is 0. The average molecular weight is 339 g/mol. The van der Waals surface area contributed by atoms with Crippen LogP contribution in [0.25, 0.3) is 0 Å². The number of rotatable bonds is 8. The Morgan fingerprint density at radius 3 is 1.94 bits per heavy atom. The molecule has 1 aliphatic heterocycles. The molecule has 0 atom stereocenters. The van der Waals surface area contributed by atoms with Gasteiger partial charge in [-0.2, -0.15) is 0 Å². The fourth-order valence-corrected chi connectivity index (χ4v) is 2.93. The van der Waals surface area contributed by atoms with E-state index in [2.05, 4.69) is 13.8 Å². The van der Waals surface area contributed by atoms with Gasteiger partial charge in [-0.15, -0.1) is 0 Å². The average Bonchev–Trinajstić information content (AvgIpc) is 2.73. The Bertz CT molecular complexity index is 153. The smallest absolute Gasteiger partial charge is 0.0788 e. The van der Waals surface area contributed by atoms with Gasteiger partial charge in [0.1, 0.15) is 0 Å². The highest BCUT2D eigenvalue weighted by molar-refractivity contribution is 4.54. The van der Waals surface area contributed by atoms with E-state index >= 15 is 0 Å². The lowest BCUT2D eigenvalue weighted by Crippen LogP contribution is -3.00. The van der Waals surface area contributed by atoms with E-state index in [4.69, 9.17) is 0 Å². The highest BCUT2D eigenvalue weighted by atomic mass is 127. The molecule has 16 heavy (non-hydrogen) atoms. The summed E-state index contributed by atoms with van der Waals surface area (Å²) in [6.07, 6.45) is 11.6.